The molecule has 8 heteroatoms. The Hall–Kier alpha value is -1.67. The van der Waals surface area contributed by atoms with Crippen LogP contribution in [-0.4, -0.2) is 34.5 Å². The van der Waals surface area contributed by atoms with Gasteiger partial charge in [0.2, 0.25) is 10.0 Å². The smallest absolute Gasteiger partial charge is 0.243 e. The lowest BCUT2D eigenvalue weighted by molar-refractivity contribution is 0.530. The van der Waals surface area contributed by atoms with E-state index in [0.29, 0.717) is 6.54 Å². The molecule has 0 aromatic carbocycles. The predicted molar refractivity (Wildman–Crippen MR) is 70.0 cm³/mol. The highest BCUT2D eigenvalue weighted by molar-refractivity contribution is 7.89. The largest absolute Gasteiger partial charge is 0.271 e. The van der Waals surface area contributed by atoms with Crippen LogP contribution >= 0.6 is 0 Å². The van der Waals surface area contributed by atoms with Crippen molar-refractivity contribution in [1.29, 1.82) is 0 Å². The first-order chi connectivity index (χ1) is 8.99. The van der Waals surface area contributed by atoms with Crippen molar-refractivity contribution in [2.45, 2.75) is 31.3 Å². The van der Waals surface area contributed by atoms with Gasteiger partial charge in [0.25, 0.3) is 0 Å². The second-order valence-corrected chi connectivity index (χ2v) is 6.18. The molecule has 0 saturated carbocycles. The van der Waals surface area contributed by atoms with E-state index in [1.54, 1.807) is 27.8 Å². The Balaban J connectivity index is 1.97. The van der Waals surface area contributed by atoms with Gasteiger partial charge >= 0.3 is 0 Å². The molecule has 0 saturated heterocycles. The summed E-state index contributed by atoms with van der Waals surface area (Å²) in [4.78, 5) is 0.182. The summed E-state index contributed by atoms with van der Waals surface area (Å²) in [5, 5.41) is 8.02. The molecule has 2 rings (SSSR count). The van der Waals surface area contributed by atoms with E-state index >= 15 is 0 Å². The molecule has 0 aliphatic heterocycles. The zero-order valence-corrected chi connectivity index (χ0v) is 11.7. The molecule has 2 aromatic rings. The molecule has 0 aliphatic carbocycles. The number of hydrogen-bond donors (Lipinski definition) is 1. The summed E-state index contributed by atoms with van der Waals surface area (Å²) >= 11 is 0. The van der Waals surface area contributed by atoms with Gasteiger partial charge in [-0.3, -0.25) is 9.36 Å². The Morgan fingerprint density at radius 3 is 2.74 bits per heavy atom. The van der Waals surface area contributed by atoms with Gasteiger partial charge in [-0.15, -0.1) is 0 Å². The Bertz CT molecular complexity index is 615. The summed E-state index contributed by atoms with van der Waals surface area (Å²) in [6, 6.07) is 1.93. The molecule has 2 aromatic heterocycles. The molecule has 19 heavy (non-hydrogen) atoms. The Morgan fingerprint density at radius 2 is 2.16 bits per heavy atom. The lowest BCUT2D eigenvalue weighted by Crippen LogP contribution is -2.27. The van der Waals surface area contributed by atoms with Gasteiger partial charge in [0.1, 0.15) is 4.90 Å². The van der Waals surface area contributed by atoms with E-state index < -0.39 is 10.0 Å². The van der Waals surface area contributed by atoms with Crippen LogP contribution in [0.25, 0.3) is 0 Å². The van der Waals surface area contributed by atoms with Crippen molar-refractivity contribution in [2.24, 2.45) is 0 Å². The highest BCUT2D eigenvalue weighted by Gasteiger charge is 2.16. The minimum atomic E-state index is -3.50. The fraction of sp³-hybridized carbons (Fsp3) is 0.455. The molecule has 0 unspecified atom stereocenters. The second-order valence-electron chi connectivity index (χ2n) is 4.42. The summed E-state index contributed by atoms with van der Waals surface area (Å²) < 4.78 is 29.8. The number of sulfonamides is 1. The average Bonchev–Trinajstić information content (AvgIpc) is 2.99. The van der Waals surface area contributed by atoms with Crippen LogP contribution in [0.15, 0.2) is 35.7 Å². The van der Waals surface area contributed by atoms with Crippen molar-refractivity contribution in [3.05, 3.63) is 30.9 Å². The number of nitrogens with zero attached hydrogens (tertiary/aromatic N) is 4. The quantitative estimate of drug-likeness (QED) is 0.843. The van der Waals surface area contributed by atoms with Gasteiger partial charge in [0.05, 0.1) is 12.7 Å². The van der Waals surface area contributed by atoms with E-state index in [1.807, 2.05) is 13.8 Å². The maximum absolute atomic E-state index is 12.0. The van der Waals surface area contributed by atoms with Crippen molar-refractivity contribution in [3.8, 4) is 0 Å². The molecule has 0 aliphatic rings. The van der Waals surface area contributed by atoms with Gasteiger partial charge in [0.15, 0.2) is 0 Å². The van der Waals surface area contributed by atoms with E-state index in [2.05, 4.69) is 14.9 Å². The molecule has 104 valence electrons. The van der Waals surface area contributed by atoms with Crippen LogP contribution in [0.2, 0.25) is 0 Å². The molecular formula is C11H17N5O2S. The van der Waals surface area contributed by atoms with Crippen LogP contribution in [0.5, 0.6) is 0 Å². The third-order valence-electron chi connectivity index (χ3n) is 2.61. The molecule has 0 fully saturated rings. The summed E-state index contributed by atoms with van der Waals surface area (Å²) in [6.07, 6.45) is 6.32. The maximum atomic E-state index is 12.0. The first-order valence-electron chi connectivity index (χ1n) is 6.00. The monoisotopic (exact) mass is 283 g/mol. The van der Waals surface area contributed by atoms with Gasteiger partial charge < -0.3 is 0 Å². The number of rotatable bonds is 6. The Labute approximate surface area is 112 Å². The predicted octanol–water partition coefficient (Wildman–Crippen LogP) is 0.639. The SMILES string of the molecule is CC(C)n1cc(S(=O)(=O)NCCn2cccn2)cn1. The standard InChI is InChI=1S/C11H17N5O2S/c1-10(2)16-9-11(8-13-16)19(17,18)14-5-7-15-6-3-4-12-15/h3-4,6,8-10,14H,5,7H2,1-2H3. The summed E-state index contributed by atoms with van der Waals surface area (Å²) in [5.74, 6) is 0. The van der Waals surface area contributed by atoms with E-state index in [-0.39, 0.29) is 17.5 Å². The molecule has 0 atom stereocenters. The van der Waals surface area contributed by atoms with Crippen molar-refractivity contribution in [2.75, 3.05) is 6.54 Å². The Morgan fingerprint density at radius 1 is 1.37 bits per heavy atom. The van der Waals surface area contributed by atoms with E-state index in [4.69, 9.17) is 0 Å². The third-order valence-corrected chi connectivity index (χ3v) is 4.02. The third kappa shape index (κ3) is 3.42. The molecule has 0 radical (unpaired) electrons. The van der Waals surface area contributed by atoms with Crippen molar-refractivity contribution < 1.29 is 8.42 Å². The van der Waals surface area contributed by atoms with Crippen LogP contribution in [-0.2, 0) is 16.6 Å². The summed E-state index contributed by atoms with van der Waals surface area (Å²) in [7, 11) is -3.50. The fourth-order valence-corrected chi connectivity index (χ4v) is 2.51. The van der Waals surface area contributed by atoms with Crippen LogP contribution in [0.1, 0.15) is 19.9 Å². The summed E-state index contributed by atoms with van der Waals surface area (Å²) in [5.41, 5.74) is 0. The van der Waals surface area contributed by atoms with Crippen LogP contribution < -0.4 is 4.72 Å². The highest BCUT2D eigenvalue weighted by atomic mass is 32.2. The van der Waals surface area contributed by atoms with Crippen LogP contribution in [0.3, 0.4) is 0 Å². The van der Waals surface area contributed by atoms with E-state index in [0.717, 1.165) is 0 Å². The van der Waals surface area contributed by atoms with Gasteiger partial charge in [-0.2, -0.15) is 10.2 Å². The lowest BCUT2D eigenvalue weighted by Gasteiger charge is -2.05. The number of nitrogens with one attached hydrogen (secondary N) is 1. The molecule has 2 heterocycles. The normalized spacial score (nSPS) is 12.2. The number of aromatic nitrogens is 4. The molecule has 7 nitrogen and oxygen atoms in total. The second kappa shape index (κ2) is 5.54. The molecule has 0 spiro atoms. The van der Waals surface area contributed by atoms with Gasteiger partial charge in [-0.25, -0.2) is 13.1 Å². The topological polar surface area (TPSA) is 81.8 Å². The first kappa shape index (κ1) is 13.8. The highest BCUT2D eigenvalue weighted by Crippen LogP contribution is 2.10. The van der Waals surface area contributed by atoms with Crippen molar-refractivity contribution in [1.82, 2.24) is 24.3 Å². The van der Waals surface area contributed by atoms with Crippen molar-refractivity contribution in [3.63, 3.8) is 0 Å². The van der Waals surface area contributed by atoms with Gasteiger partial charge in [0, 0.05) is 31.2 Å². The number of hydrogen-bond acceptors (Lipinski definition) is 4. The van der Waals surface area contributed by atoms with Crippen LogP contribution in [0.4, 0.5) is 0 Å². The van der Waals surface area contributed by atoms with E-state index in [1.165, 1.54) is 12.4 Å². The Kier molecular flexibility index (Phi) is 4.01. The van der Waals surface area contributed by atoms with Gasteiger partial charge in [-0.05, 0) is 19.9 Å². The molecular weight excluding hydrogens is 266 g/mol. The molecule has 1 N–H and O–H groups in total. The molecule has 0 amide bonds. The zero-order valence-electron chi connectivity index (χ0n) is 10.9. The van der Waals surface area contributed by atoms with Crippen molar-refractivity contribution >= 4 is 10.0 Å². The first-order valence-corrected chi connectivity index (χ1v) is 7.48. The maximum Gasteiger partial charge on any atom is 0.243 e. The van der Waals surface area contributed by atoms with E-state index in [9.17, 15) is 8.42 Å². The minimum absolute atomic E-state index is 0.132. The molecule has 0 bridgehead atoms. The minimum Gasteiger partial charge on any atom is -0.271 e. The van der Waals surface area contributed by atoms with Crippen LogP contribution in [0, 0.1) is 0 Å². The zero-order chi connectivity index (χ0) is 13.9. The fourth-order valence-electron chi connectivity index (χ4n) is 1.55. The average molecular weight is 283 g/mol. The summed E-state index contributed by atoms with van der Waals surface area (Å²) in [6.45, 7) is 4.66. The van der Waals surface area contributed by atoms with Gasteiger partial charge in [-0.1, -0.05) is 0 Å². The lowest BCUT2D eigenvalue weighted by atomic mass is 10.4.